The van der Waals surface area contributed by atoms with E-state index in [0.717, 1.165) is 17.4 Å². The largest absolute Gasteiger partial charge is 0.461 e. The molecule has 1 fully saturated rings. The van der Waals surface area contributed by atoms with E-state index in [-0.39, 0.29) is 24.0 Å². The highest BCUT2D eigenvalue weighted by atomic mass is 19.1. The van der Waals surface area contributed by atoms with Crippen LogP contribution in [0.15, 0.2) is 52.9 Å². The molecule has 27 heavy (non-hydrogen) atoms. The van der Waals surface area contributed by atoms with Crippen molar-refractivity contribution in [1.82, 2.24) is 5.32 Å². The highest BCUT2D eigenvalue weighted by Crippen LogP contribution is 2.25. The van der Waals surface area contributed by atoms with Crippen LogP contribution in [0.4, 0.5) is 20.6 Å². The lowest BCUT2D eigenvalue weighted by Gasteiger charge is -2.28. The van der Waals surface area contributed by atoms with E-state index in [1.165, 1.54) is 23.1 Å². The van der Waals surface area contributed by atoms with Gasteiger partial charge in [0.15, 0.2) is 0 Å². The predicted molar refractivity (Wildman–Crippen MR) is 100 cm³/mol. The number of amides is 3. The summed E-state index contributed by atoms with van der Waals surface area (Å²) < 4.78 is 19.8. The van der Waals surface area contributed by atoms with E-state index >= 15 is 0 Å². The van der Waals surface area contributed by atoms with Gasteiger partial charge in [0.25, 0.3) is 0 Å². The summed E-state index contributed by atoms with van der Waals surface area (Å²) in [7, 11) is 0. The smallest absolute Gasteiger partial charge is 0.321 e. The Labute approximate surface area is 154 Å². The molecule has 0 bridgehead atoms. The Kier molecular flexibility index (Phi) is 4.50. The Bertz CT molecular complexity index is 982. The summed E-state index contributed by atoms with van der Waals surface area (Å²) in [6, 6.07) is 13.2. The van der Waals surface area contributed by atoms with Gasteiger partial charge in [0.2, 0.25) is 5.91 Å². The van der Waals surface area contributed by atoms with Crippen LogP contribution in [-0.4, -0.2) is 25.0 Å². The summed E-state index contributed by atoms with van der Waals surface area (Å²) in [5, 5.41) is 6.35. The van der Waals surface area contributed by atoms with Crippen LogP contribution in [-0.2, 0) is 11.2 Å². The van der Waals surface area contributed by atoms with Gasteiger partial charge in [-0.2, -0.15) is 0 Å². The molecule has 0 atom stereocenters. The van der Waals surface area contributed by atoms with Crippen molar-refractivity contribution in [1.29, 1.82) is 0 Å². The number of anilines is 2. The standard InChI is InChI=1S/C20H18FN3O3/c21-16-7-6-14(11-17(16)24-9-3-8-22-20(24)26)23-19(25)12-15-10-13-4-1-2-5-18(13)27-15/h1-2,4-7,10-11H,3,8-9,12H2,(H,22,26)(H,23,25). The van der Waals surface area contributed by atoms with E-state index in [4.69, 9.17) is 4.42 Å². The van der Waals surface area contributed by atoms with Crippen LogP contribution in [0.3, 0.4) is 0 Å². The van der Waals surface area contributed by atoms with Crippen molar-refractivity contribution in [2.45, 2.75) is 12.8 Å². The number of urea groups is 1. The number of carbonyl (C=O) groups excluding carboxylic acids is 2. The van der Waals surface area contributed by atoms with Gasteiger partial charge in [-0.15, -0.1) is 0 Å². The number of nitrogens with zero attached hydrogens (tertiary/aromatic N) is 1. The fraction of sp³-hybridized carbons (Fsp3) is 0.200. The topological polar surface area (TPSA) is 74.6 Å². The fourth-order valence-electron chi connectivity index (χ4n) is 3.14. The van der Waals surface area contributed by atoms with Crippen LogP contribution in [0.1, 0.15) is 12.2 Å². The quantitative estimate of drug-likeness (QED) is 0.739. The Morgan fingerprint density at radius 3 is 2.89 bits per heavy atom. The molecule has 2 aromatic carbocycles. The molecule has 0 unspecified atom stereocenters. The molecule has 0 saturated carbocycles. The summed E-state index contributed by atoms with van der Waals surface area (Å²) >= 11 is 0. The number of furan rings is 1. The summed E-state index contributed by atoms with van der Waals surface area (Å²) in [4.78, 5) is 25.6. The number of halogens is 1. The molecule has 3 aromatic rings. The Hall–Kier alpha value is -3.35. The Morgan fingerprint density at radius 1 is 1.22 bits per heavy atom. The monoisotopic (exact) mass is 367 g/mol. The third-order valence-corrected chi connectivity index (χ3v) is 4.41. The summed E-state index contributed by atoms with van der Waals surface area (Å²) in [5.41, 5.74) is 1.29. The lowest BCUT2D eigenvalue weighted by Crippen LogP contribution is -2.46. The third kappa shape index (κ3) is 3.62. The number of nitrogens with one attached hydrogen (secondary N) is 2. The summed E-state index contributed by atoms with van der Waals surface area (Å²) in [5.74, 6) is -0.247. The lowest BCUT2D eigenvalue weighted by molar-refractivity contribution is -0.115. The maximum Gasteiger partial charge on any atom is 0.321 e. The first-order valence-electron chi connectivity index (χ1n) is 8.72. The predicted octanol–water partition coefficient (Wildman–Crippen LogP) is 3.67. The number of carbonyl (C=O) groups is 2. The number of hydrogen-bond acceptors (Lipinski definition) is 3. The molecular weight excluding hydrogens is 349 g/mol. The molecule has 138 valence electrons. The van der Waals surface area contributed by atoms with Crippen LogP contribution in [0.2, 0.25) is 0 Å². The maximum atomic E-state index is 14.2. The van der Waals surface area contributed by atoms with Gasteiger partial charge < -0.3 is 15.1 Å². The van der Waals surface area contributed by atoms with Crippen molar-refractivity contribution >= 4 is 34.3 Å². The first-order chi connectivity index (χ1) is 13.1. The second-order valence-electron chi connectivity index (χ2n) is 6.38. The van der Waals surface area contributed by atoms with E-state index < -0.39 is 5.82 Å². The van der Waals surface area contributed by atoms with Crippen LogP contribution in [0, 0.1) is 5.82 Å². The average Bonchev–Trinajstić information content (AvgIpc) is 3.06. The molecule has 3 amide bonds. The molecule has 2 heterocycles. The first kappa shape index (κ1) is 17.1. The molecule has 4 rings (SSSR count). The normalized spacial score (nSPS) is 14.3. The number of fused-ring (bicyclic) bond motifs is 1. The van der Waals surface area contributed by atoms with Crippen LogP contribution < -0.4 is 15.5 Å². The van der Waals surface area contributed by atoms with Crippen molar-refractivity contribution in [3.63, 3.8) is 0 Å². The number of rotatable bonds is 4. The van der Waals surface area contributed by atoms with Gasteiger partial charge in [-0.1, -0.05) is 18.2 Å². The van der Waals surface area contributed by atoms with Gasteiger partial charge in [0.1, 0.15) is 17.2 Å². The highest BCUT2D eigenvalue weighted by Gasteiger charge is 2.22. The first-order valence-corrected chi connectivity index (χ1v) is 8.72. The van der Waals surface area contributed by atoms with Crippen molar-refractivity contribution < 1.29 is 18.4 Å². The van der Waals surface area contributed by atoms with Crippen LogP contribution >= 0.6 is 0 Å². The zero-order valence-electron chi connectivity index (χ0n) is 14.5. The minimum absolute atomic E-state index is 0.0611. The Balaban J connectivity index is 1.49. The fourth-order valence-corrected chi connectivity index (χ4v) is 3.14. The van der Waals surface area contributed by atoms with Gasteiger partial charge in [-0.25, -0.2) is 9.18 Å². The molecular formula is C20H18FN3O3. The zero-order chi connectivity index (χ0) is 18.8. The van der Waals surface area contributed by atoms with E-state index in [1.54, 1.807) is 0 Å². The molecule has 0 aliphatic carbocycles. The van der Waals surface area contributed by atoms with Crippen molar-refractivity contribution in [2.75, 3.05) is 23.3 Å². The van der Waals surface area contributed by atoms with E-state index in [2.05, 4.69) is 10.6 Å². The van der Waals surface area contributed by atoms with E-state index in [1.807, 2.05) is 30.3 Å². The number of benzene rings is 2. The molecule has 2 N–H and O–H groups in total. The van der Waals surface area contributed by atoms with Gasteiger partial charge >= 0.3 is 6.03 Å². The Morgan fingerprint density at radius 2 is 2.07 bits per heavy atom. The lowest BCUT2D eigenvalue weighted by atomic mass is 10.2. The SMILES string of the molecule is O=C(Cc1cc2ccccc2o1)Nc1ccc(F)c(N2CCCNC2=O)c1. The van der Waals surface area contributed by atoms with Crippen molar-refractivity contribution in [3.8, 4) is 0 Å². The van der Waals surface area contributed by atoms with Crippen molar-refractivity contribution in [2.24, 2.45) is 0 Å². The van der Waals surface area contributed by atoms with E-state index in [0.29, 0.717) is 24.5 Å². The van der Waals surface area contributed by atoms with Gasteiger partial charge in [-0.3, -0.25) is 9.69 Å². The van der Waals surface area contributed by atoms with E-state index in [9.17, 15) is 14.0 Å². The average molecular weight is 367 g/mol. The molecule has 1 aliphatic heterocycles. The van der Waals surface area contributed by atoms with Crippen LogP contribution in [0.25, 0.3) is 11.0 Å². The maximum absolute atomic E-state index is 14.2. The number of para-hydroxylation sites is 1. The van der Waals surface area contributed by atoms with Gasteiger partial charge in [0.05, 0.1) is 12.1 Å². The molecule has 1 aromatic heterocycles. The van der Waals surface area contributed by atoms with Gasteiger partial charge in [0, 0.05) is 24.2 Å². The minimum atomic E-state index is -0.512. The molecule has 0 radical (unpaired) electrons. The number of hydrogen-bond donors (Lipinski definition) is 2. The molecule has 7 heteroatoms. The van der Waals surface area contributed by atoms with Crippen molar-refractivity contribution in [3.05, 3.63) is 60.1 Å². The van der Waals surface area contributed by atoms with Crippen LogP contribution in [0.5, 0.6) is 0 Å². The minimum Gasteiger partial charge on any atom is -0.461 e. The highest BCUT2D eigenvalue weighted by molar-refractivity contribution is 5.96. The molecule has 1 aliphatic rings. The molecule has 0 spiro atoms. The third-order valence-electron chi connectivity index (χ3n) is 4.41. The molecule has 6 nitrogen and oxygen atoms in total. The second-order valence-corrected chi connectivity index (χ2v) is 6.38. The van der Waals surface area contributed by atoms with Gasteiger partial charge in [-0.05, 0) is 36.8 Å². The summed E-state index contributed by atoms with van der Waals surface area (Å²) in [6.45, 7) is 1.00. The summed E-state index contributed by atoms with van der Waals surface area (Å²) in [6.07, 6.45) is 0.791. The molecule has 1 saturated heterocycles. The zero-order valence-corrected chi connectivity index (χ0v) is 14.5. The second kappa shape index (κ2) is 7.11.